The first-order chi connectivity index (χ1) is 37.8. The van der Waals surface area contributed by atoms with Gasteiger partial charge in [0.05, 0.1) is 6.42 Å². The average Bonchev–Trinajstić information content (AvgIpc) is 4.16. The molecule has 7 heteroatoms. The lowest BCUT2D eigenvalue weighted by Gasteiger charge is -2.28. The van der Waals surface area contributed by atoms with Gasteiger partial charge in [0.2, 0.25) is 0 Å². The van der Waals surface area contributed by atoms with Crippen LogP contribution in [0.5, 0.6) is 0 Å². The summed E-state index contributed by atoms with van der Waals surface area (Å²) in [6.45, 7) is 21.4. The average molecular weight is 1040 g/mol. The summed E-state index contributed by atoms with van der Waals surface area (Å²) in [6.07, 6.45) is 13.4. The fraction of sp³-hybridized carbons (Fsp3) is 0.366. The van der Waals surface area contributed by atoms with Crippen molar-refractivity contribution >= 4 is 56.5 Å². The molecule has 6 nitrogen and oxygen atoms in total. The summed E-state index contributed by atoms with van der Waals surface area (Å²) in [4.78, 5) is 42.7. The molecule has 6 aliphatic rings. The normalized spacial score (nSPS) is 21.2. The van der Waals surface area contributed by atoms with E-state index in [1.54, 1.807) is 12.1 Å². The maximum atomic E-state index is 15.7. The standard InChI is InChI=1S/C69H69FO6.C2H6/c1-7-54-49-24-27-58-67(54)60-38-53(70)25-28-57(60)59-36-51-22-17-41(3)29-62(66(51)68(58)59)75-63(69(73)74-39-64-44(6)31-65(72)76-64)37-52-33-47(34-61(71)50(35-49)23-20-45-18-15-40(2)16-19-45)21-26-56(52)43(5)30-46-12-10-13-48(32-46)55-14-9-8-11-42(55)4;1-2/h7-14,21,24-29,32-33,38,40-41,45,50,63H,1,5,15-20,22-23,30-31,34-37,39H2,2-4,6H3;1-2H3/t40?,41?,45?,50?,63-;/m0./s1. The summed E-state index contributed by atoms with van der Waals surface area (Å²) in [5, 5.41) is 3.67. The number of cyclic esters (lactones) is 1. The van der Waals surface area contributed by atoms with E-state index in [4.69, 9.17) is 20.8 Å². The second-order valence-corrected chi connectivity index (χ2v) is 22.8. The number of fused-ring (bicyclic) bond motifs is 8. The van der Waals surface area contributed by atoms with E-state index in [1.807, 2.05) is 32.9 Å². The van der Waals surface area contributed by atoms with E-state index in [-0.39, 0.29) is 55.3 Å². The molecule has 12 rings (SSSR count). The number of halogens is 1. The third-order valence-corrected chi connectivity index (χ3v) is 17.4. The van der Waals surface area contributed by atoms with E-state index in [1.165, 1.54) is 42.4 Å². The Labute approximate surface area is 461 Å². The van der Waals surface area contributed by atoms with Crippen molar-refractivity contribution in [3.05, 3.63) is 195 Å². The number of rotatable bonds is 11. The molecule has 2 unspecified atom stereocenters. The number of benzene rings is 6. The quantitative estimate of drug-likeness (QED) is 0.0950. The molecule has 0 amide bonds. The van der Waals surface area contributed by atoms with Gasteiger partial charge in [0, 0.05) is 24.3 Å². The first kappa shape index (κ1) is 54.2. The highest BCUT2D eigenvalue weighted by atomic mass is 19.1. The van der Waals surface area contributed by atoms with Gasteiger partial charge in [-0.3, -0.25) is 9.59 Å². The molecule has 3 atom stereocenters. The molecule has 1 saturated carbocycles. The van der Waals surface area contributed by atoms with Gasteiger partial charge in [-0.1, -0.05) is 163 Å². The van der Waals surface area contributed by atoms with E-state index in [0.717, 1.165) is 120 Å². The van der Waals surface area contributed by atoms with Gasteiger partial charge >= 0.3 is 11.9 Å². The van der Waals surface area contributed by atoms with Crippen LogP contribution < -0.4 is 0 Å². The second kappa shape index (κ2) is 23.5. The lowest BCUT2D eigenvalue weighted by atomic mass is 9.77. The highest BCUT2D eigenvalue weighted by Crippen LogP contribution is 2.51. The zero-order valence-corrected chi connectivity index (χ0v) is 46.6. The Morgan fingerprint density at radius 2 is 1.60 bits per heavy atom. The van der Waals surface area contributed by atoms with Crippen LogP contribution in [-0.4, -0.2) is 30.4 Å². The Bertz CT molecular complexity index is 3470. The van der Waals surface area contributed by atoms with Gasteiger partial charge in [-0.15, -0.1) is 0 Å². The minimum Gasteiger partial charge on any atom is -0.478 e. The van der Waals surface area contributed by atoms with Crippen molar-refractivity contribution in [2.45, 2.75) is 138 Å². The highest BCUT2D eigenvalue weighted by Gasteiger charge is 2.36. The van der Waals surface area contributed by atoms with Crippen molar-refractivity contribution in [3.63, 3.8) is 0 Å². The molecule has 402 valence electrons. The number of carbonyl (C=O) groups excluding carboxylic acids is 3. The third-order valence-electron chi connectivity index (χ3n) is 17.4. The van der Waals surface area contributed by atoms with Crippen LogP contribution in [0.25, 0.3) is 49.9 Å². The summed E-state index contributed by atoms with van der Waals surface area (Å²) in [7, 11) is 0. The number of hydrogen-bond acceptors (Lipinski definition) is 6. The fourth-order valence-electron chi connectivity index (χ4n) is 13.1. The van der Waals surface area contributed by atoms with Gasteiger partial charge in [0.15, 0.2) is 6.10 Å². The summed E-state index contributed by atoms with van der Waals surface area (Å²) in [5.74, 6) is 0.971. The largest absolute Gasteiger partial charge is 0.478 e. The van der Waals surface area contributed by atoms with Crippen LogP contribution in [0.15, 0.2) is 139 Å². The van der Waals surface area contributed by atoms with Crippen LogP contribution >= 0.6 is 0 Å². The van der Waals surface area contributed by atoms with Gasteiger partial charge in [-0.25, -0.2) is 9.18 Å². The summed E-state index contributed by atoms with van der Waals surface area (Å²) in [6, 6.07) is 32.7. The van der Waals surface area contributed by atoms with Gasteiger partial charge in [-0.2, -0.15) is 0 Å². The fourth-order valence-corrected chi connectivity index (χ4v) is 13.1. The second-order valence-electron chi connectivity index (χ2n) is 22.8. The summed E-state index contributed by atoms with van der Waals surface area (Å²) in [5.41, 5.74) is 15.0. The number of aryl methyl sites for hydroxylation is 1. The zero-order chi connectivity index (χ0) is 54.8. The van der Waals surface area contributed by atoms with E-state index in [0.29, 0.717) is 36.7 Å². The van der Waals surface area contributed by atoms with Crippen molar-refractivity contribution in [1.82, 2.24) is 0 Å². The first-order valence-electron chi connectivity index (χ1n) is 28.7. The molecule has 3 aliphatic heterocycles. The summed E-state index contributed by atoms with van der Waals surface area (Å²) < 4.78 is 34.6. The molecule has 78 heavy (non-hydrogen) atoms. The van der Waals surface area contributed by atoms with Crippen LogP contribution in [-0.2, 0) is 60.7 Å². The Hall–Kier alpha value is -7.12. The molecular formula is C71H75FO6. The lowest BCUT2D eigenvalue weighted by molar-refractivity contribution is -0.155. The van der Waals surface area contributed by atoms with Crippen LogP contribution in [0.1, 0.15) is 142 Å². The van der Waals surface area contributed by atoms with Gasteiger partial charge in [0.1, 0.15) is 29.7 Å². The molecule has 1 fully saturated rings. The highest BCUT2D eigenvalue weighted by molar-refractivity contribution is 6.19. The maximum absolute atomic E-state index is 15.7. The molecule has 3 heterocycles. The number of hydrogen-bond donors (Lipinski definition) is 0. The molecule has 0 spiro atoms. The first-order valence-corrected chi connectivity index (χ1v) is 28.7. The molecule has 6 aromatic carbocycles. The van der Waals surface area contributed by atoms with E-state index < -0.39 is 12.1 Å². The smallest absolute Gasteiger partial charge is 0.348 e. The number of ether oxygens (including phenoxy) is 3. The molecule has 0 radical (unpaired) electrons. The lowest BCUT2D eigenvalue weighted by Crippen LogP contribution is -2.30. The van der Waals surface area contributed by atoms with Crippen molar-refractivity contribution in [2.75, 3.05) is 6.61 Å². The topological polar surface area (TPSA) is 78.9 Å². The Morgan fingerprint density at radius 1 is 0.808 bits per heavy atom. The predicted octanol–water partition coefficient (Wildman–Crippen LogP) is 16.9. The molecule has 0 N–H and O–H groups in total. The molecular weight excluding hydrogens is 968 g/mol. The van der Waals surface area contributed by atoms with E-state index >= 15 is 14.0 Å². The van der Waals surface area contributed by atoms with Crippen LogP contribution in [0.3, 0.4) is 0 Å². The van der Waals surface area contributed by atoms with E-state index in [2.05, 4.69) is 112 Å². The third kappa shape index (κ3) is 11.3. The van der Waals surface area contributed by atoms with Crippen LogP contribution in [0.4, 0.5) is 4.39 Å². The zero-order valence-electron chi connectivity index (χ0n) is 46.6. The number of carbonyl (C=O) groups is 3. The molecule has 0 aromatic heterocycles. The Balaban J connectivity index is 0.00000340. The number of ketones is 1. The molecule has 6 aromatic rings. The van der Waals surface area contributed by atoms with Crippen LogP contribution in [0, 0.1) is 36.4 Å². The summed E-state index contributed by atoms with van der Waals surface area (Å²) >= 11 is 0. The molecule has 3 aliphatic carbocycles. The van der Waals surface area contributed by atoms with Gasteiger partial charge in [-0.05, 0) is 189 Å². The van der Waals surface area contributed by atoms with E-state index in [9.17, 15) is 4.79 Å². The monoisotopic (exact) mass is 1040 g/mol. The molecule has 6 bridgehead atoms. The van der Waals surface area contributed by atoms with Crippen LogP contribution in [0.2, 0.25) is 0 Å². The Kier molecular flexibility index (Phi) is 16.3. The van der Waals surface area contributed by atoms with Gasteiger partial charge < -0.3 is 14.2 Å². The minimum absolute atomic E-state index is 0.113. The maximum Gasteiger partial charge on any atom is 0.348 e. The minimum atomic E-state index is -1.16. The van der Waals surface area contributed by atoms with Gasteiger partial charge in [0.25, 0.3) is 0 Å². The SMILES string of the molecule is C=Cc1c2ccc3c4c(c5ccc(F)cc5c13)CC1=C4C(=CC(C)CC1)O[C@H](C(=O)OCC1=C(C)CC(=O)O1)Cc1cc(ccc1C(=C)Cc1cccc(-c3ccccc3C)c1)CC(=O)C(CCC1CCC(C)CC1)C2.CC. The van der Waals surface area contributed by atoms with Crippen molar-refractivity contribution in [1.29, 1.82) is 0 Å². The predicted molar refractivity (Wildman–Crippen MR) is 315 cm³/mol. The van der Waals surface area contributed by atoms with Crippen molar-refractivity contribution in [3.8, 4) is 11.1 Å². The van der Waals surface area contributed by atoms with Crippen molar-refractivity contribution in [2.24, 2.45) is 23.7 Å². The number of allylic oxidation sites excluding steroid dienone is 4. The molecule has 0 saturated heterocycles. The number of Topliss-reactive ketones (excluding diaryl/α,β-unsaturated/α-hetero) is 1. The Morgan fingerprint density at radius 3 is 2.37 bits per heavy atom. The number of esters is 2. The van der Waals surface area contributed by atoms with Crippen molar-refractivity contribution < 1.29 is 33.0 Å².